The van der Waals surface area contributed by atoms with Crippen molar-refractivity contribution in [2.24, 2.45) is 0 Å². The Morgan fingerprint density at radius 3 is 2.72 bits per heavy atom. The SMILES string of the molecule is CCC(NCC(C)S(C)=O)c1cc(Br)ccc1O. The normalized spacial score (nSPS) is 16.2. The van der Waals surface area contributed by atoms with E-state index < -0.39 is 10.8 Å². The summed E-state index contributed by atoms with van der Waals surface area (Å²) in [4.78, 5) is 0. The molecule has 0 radical (unpaired) electrons. The summed E-state index contributed by atoms with van der Waals surface area (Å²) in [5.41, 5.74) is 0.876. The van der Waals surface area contributed by atoms with Crippen molar-refractivity contribution in [2.45, 2.75) is 31.6 Å². The Bertz CT molecular complexity index is 425. The molecule has 3 nitrogen and oxygen atoms in total. The molecule has 0 heterocycles. The maximum absolute atomic E-state index is 11.3. The van der Waals surface area contributed by atoms with E-state index in [-0.39, 0.29) is 11.3 Å². The average Bonchev–Trinajstić information content (AvgIpc) is 2.33. The Hall–Kier alpha value is -0.390. The molecule has 1 aromatic carbocycles. The lowest BCUT2D eigenvalue weighted by molar-refractivity contribution is 0.441. The molecule has 1 rings (SSSR count). The number of halogens is 1. The fraction of sp³-hybridized carbons (Fsp3) is 0.538. The number of benzene rings is 1. The molecule has 0 bridgehead atoms. The van der Waals surface area contributed by atoms with Crippen LogP contribution in [0.1, 0.15) is 31.9 Å². The Balaban J connectivity index is 2.77. The lowest BCUT2D eigenvalue weighted by Crippen LogP contribution is -2.30. The van der Waals surface area contributed by atoms with Gasteiger partial charge in [-0.15, -0.1) is 0 Å². The standard InChI is InChI=1S/C13H20BrNO2S/c1-4-12(15-8-9(2)18(3)17)11-7-10(14)5-6-13(11)16/h5-7,9,12,15-16H,4,8H2,1-3H3. The zero-order chi connectivity index (χ0) is 13.7. The topological polar surface area (TPSA) is 49.3 Å². The largest absolute Gasteiger partial charge is 0.508 e. The van der Waals surface area contributed by atoms with Crippen LogP contribution in [0.15, 0.2) is 22.7 Å². The van der Waals surface area contributed by atoms with E-state index in [0.29, 0.717) is 12.3 Å². The number of phenols is 1. The second-order valence-electron chi connectivity index (χ2n) is 4.38. The van der Waals surface area contributed by atoms with Gasteiger partial charge in [-0.2, -0.15) is 0 Å². The molecule has 0 amide bonds. The minimum absolute atomic E-state index is 0.0773. The first-order chi connectivity index (χ1) is 8.45. The number of aromatic hydroxyl groups is 1. The monoisotopic (exact) mass is 333 g/mol. The van der Waals surface area contributed by atoms with Crippen LogP contribution in [0.3, 0.4) is 0 Å². The molecule has 0 aromatic heterocycles. The summed E-state index contributed by atoms with van der Waals surface area (Å²) in [6, 6.07) is 5.50. The summed E-state index contributed by atoms with van der Waals surface area (Å²) in [6.07, 6.45) is 2.58. The third-order valence-corrected chi connectivity index (χ3v) is 4.78. The van der Waals surface area contributed by atoms with Crippen LogP contribution < -0.4 is 5.32 Å². The summed E-state index contributed by atoms with van der Waals surface area (Å²) in [5.74, 6) is 0.294. The first-order valence-corrected chi connectivity index (χ1v) is 8.41. The van der Waals surface area contributed by atoms with Crippen LogP contribution in [0.2, 0.25) is 0 Å². The van der Waals surface area contributed by atoms with Gasteiger partial charge in [-0.1, -0.05) is 22.9 Å². The summed E-state index contributed by atoms with van der Waals surface area (Å²) < 4.78 is 12.3. The fourth-order valence-corrected chi connectivity index (χ4v) is 2.41. The van der Waals surface area contributed by atoms with Crippen LogP contribution in [-0.4, -0.2) is 27.4 Å². The van der Waals surface area contributed by atoms with Crippen molar-refractivity contribution in [3.63, 3.8) is 0 Å². The third kappa shape index (κ3) is 4.37. The van der Waals surface area contributed by atoms with Crippen molar-refractivity contribution in [1.82, 2.24) is 5.32 Å². The molecule has 5 heteroatoms. The van der Waals surface area contributed by atoms with Crippen molar-refractivity contribution in [3.8, 4) is 5.75 Å². The molecule has 102 valence electrons. The molecular weight excluding hydrogens is 314 g/mol. The van der Waals surface area contributed by atoms with E-state index in [0.717, 1.165) is 16.5 Å². The van der Waals surface area contributed by atoms with Gasteiger partial charge in [0.15, 0.2) is 0 Å². The minimum Gasteiger partial charge on any atom is -0.508 e. The predicted octanol–water partition coefficient (Wildman–Crippen LogP) is 2.96. The molecule has 1 aromatic rings. The van der Waals surface area contributed by atoms with Crippen LogP contribution in [0.5, 0.6) is 5.75 Å². The van der Waals surface area contributed by atoms with Gasteiger partial charge < -0.3 is 10.4 Å². The van der Waals surface area contributed by atoms with Gasteiger partial charge in [-0.3, -0.25) is 4.21 Å². The molecule has 0 aliphatic heterocycles. The maximum atomic E-state index is 11.3. The van der Waals surface area contributed by atoms with E-state index in [1.165, 1.54) is 0 Å². The highest BCUT2D eigenvalue weighted by Crippen LogP contribution is 2.29. The van der Waals surface area contributed by atoms with E-state index in [4.69, 9.17) is 0 Å². The molecule has 2 N–H and O–H groups in total. The van der Waals surface area contributed by atoms with E-state index in [1.54, 1.807) is 12.3 Å². The van der Waals surface area contributed by atoms with Crippen molar-refractivity contribution in [3.05, 3.63) is 28.2 Å². The molecular formula is C13H20BrNO2S. The summed E-state index contributed by atoms with van der Waals surface area (Å²) in [7, 11) is -0.829. The molecule has 0 saturated heterocycles. The average molecular weight is 334 g/mol. The van der Waals surface area contributed by atoms with Crippen molar-refractivity contribution in [1.29, 1.82) is 0 Å². The highest BCUT2D eigenvalue weighted by atomic mass is 79.9. The molecule has 3 unspecified atom stereocenters. The van der Waals surface area contributed by atoms with Gasteiger partial charge in [0.1, 0.15) is 5.75 Å². The Morgan fingerprint density at radius 1 is 1.50 bits per heavy atom. The molecule has 3 atom stereocenters. The number of rotatable bonds is 6. The van der Waals surface area contributed by atoms with Gasteiger partial charge in [-0.25, -0.2) is 0 Å². The first kappa shape index (κ1) is 15.7. The third-order valence-electron chi connectivity index (χ3n) is 2.99. The summed E-state index contributed by atoms with van der Waals surface area (Å²) >= 11 is 3.41. The van der Waals surface area contributed by atoms with Crippen LogP contribution in [0, 0.1) is 0 Å². The van der Waals surface area contributed by atoms with Crippen LogP contribution in [-0.2, 0) is 10.8 Å². The smallest absolute Gasteiger partial charge is 0.120 e. The zero-order valence-corrected chi connectivity index (χ0v) is 13.3. The van der Waals surface area contributed by atoms with Gasteiger partial charge >= 0.3 is 0 Å². The zero-order valence-electron chi connectivity index (χ0n) is 10.9. The first-order valence-electron chi connectivity index (χ1n) is 5.99. The molecule has 0 aliphatic carbocycles. The Kier molecular flexibility index (Phi) is 6.32. The van der Waals surface area contributed by atoms with Crippen LogP contribution in [0.4, 0.5) is 0 Å². The van der Waals surface area contributed by atoms with E-state index in [1.807, 2.05) is 19.1 Å². The number of phenolic OH excluding ortho intramolecular Hbond substituents is 1. The lowest BCUT2D eigenvalue weighted by atomic mass is 10.0. The van der Waals surface area contributed by atoms with E-state index >= 15 is 0 Å². The van der Waals surface area contributed by atoms with Gasteiger partial charge in [0.25, 0.3) is 0 Å². The van der Waals surface area contributed by atoms with E-state index in [9.17, 15) is 9.32 Å². The second kappa shape index (κ2) is 7.26. The highest BCUT2D eigenvalue weighted by molar-refractivity contribution is 9.10. The fourth-order valence-electron chi connectivity index (χ4n) is 1.70. The Labute approximate surface area is 120 Å². The summed E-state index contributed by atoms with van der Waals surface area (Å²) in [6.45, 7) is 4.69. The number of hydrogen-bond acceptors (Lipinski definition) is 3. The second-order valence-corrected chi connectivity index (χ2v) is 7.10. The summed E-state index contributed by atoms with van der Waals surface area (Å²) in [5, 5.41) is 13.4. The van der Waals surface area contributed by atoms with Gasteiger partial charge in [-0.05, 0) is 31.5 Å². The molecule has 0 fully saturated rings. The minimum atomic E-state index is -0.829. The number of nitrogens with one attached hydrogen (secondary N) is 1. The molecule has 18 heavy (non-hydrogen) atoms. The maximum Gasteiger partial charge on any atom is 0.120 e. The van der Waals surface area contributed by atoms with Gasteiger partial charge in [0.05, 0.1) is 0 Å². The lowest BCUT2D eigenvalue weighted by Gasteiger charge is -2.20. The molecule has 0 spiro atoms. The highest BCUT2D eigenvalue weighted by Gasteiger charge is 2.15. The number of hydrogen-bond donors (Lipinski definition) is 2. The van der Waals surface area contributed by atoms with Crippen molar-refractivity contribution < 1.29 is 9.32 Å². The van der Waals surface area contributed by atoms with Crippen molar-refractivity contribution in [2.75, 3.05) is 12.8 Å². The van der Waals surface area contributed by atoms with E-state index in [2.05, 4.69) is 28.2 Å². The van der Waals surface area contributed by atoms with Crippen LogP contribution in [0.25, 0.3) is 0 Å². The van der Waals surface area contributed by atoms with Gasteiger partial charge in [0.2, 0.25) is 0 Å². The van der Waals surface area contributed by atoms with Crippen LogP contribution >= 0.6 is 15.9 Å². The molecule has 0 aliphatic rings. The predicted molar refractivity (Wildman–Crippen MR) is 80.4 cm³/mol. The Morgan fingerprint density at radius 2 is 2.17 bits per heavy atom. The molecule has 0 saturated carbocycles. The van der Waals surface area contributed by atoms with Gasteiger partial charge in [0, 0.05) is 44.9 Å². The quantitative estimate of drug-likeness (QED) is 0.841. The van der Waals surface area contributed by atoms with Crippen molar-refractivity contribution >= 4 is 26.7 Å².